The summed E-state index contributed by atoms with van der Waals surface area (Å²) in [7, 11) is 0. The standard InChI is InChI=1S/C32H37BrN2S/c1-4-16-36-30-25(19-34)28(20-8-7-10-22(33)17-20)24-18-27-23-12-11-21-9-5-6-14-31(21,2)26(23)13-15-32(27,3)29(24)35-30/h4,7-8,10,17,21,23,26-27H,1,5-6,9,11-16,18H2,2-3H3/t21-,23+,26-,27+,31-,32+/m0/s1. The molecule has 0 N–H and O–H groups in total. The number of nitrogens with zero attached hydrogens (tertiary/aromatic N) is 2. The van der Waals surface area contributed by atoms with Gasteiger partial charge in [-0.05, 0) is 97.3 Å². The van der Waals surface area contributed by atoms with Crippen molar-refractivity contribution in [3.05, 3.63) is 58.2 Å². The van der Waals surface area contributed by atoms with Crippen LogP contribution in [0.1, 0.15) is 82.0 Å². The number of rotatable bonds is 4. The minimum Gasteiger partial charge on any atom is -0.244 e. The minimum atomic E-state index is 0.104. The van der Waals surface area contributed by atoms with Gasteiger partial charge in [0.05, 0.1) is 11.3 Å². The summed E-state index contributed by atoms with van der Waals surface area (Å²) in [5, 5.41) is 11.3. The van der Waals surface area contributed by atoms with E-state index < -0.39 is 0 Å². The Morgan fingerprint density at radius 2 is 2.03 bits per heavy atom. The van der Waals surface area contributed by atoms with Gasteiger partial charge in [-0.15, -0.1) is 18.3 Å². The fraction of sp³-hybridized carbons (Fsp3) is 0.562. The lowest BCUT2D eigenvalue weighted by atomic mass is 9.45. The molecule has 0 radical (unpaired) electrons. The molecule has 0 amide bonds. The van der Waals surface area contributed by atoms with Crippen molar-refractivity contribution in [2.75, 3.05) is 5.75 Å². The number of thioether (sulfide) groups is 1. The second-order valence-corrected chi connectivity index (χ2v) is 14.2. The van der Waals surface area contributed by atoms with Crippen LogP contribution in [0.25, 0.3) is 11.1 Å². The third-order valence-corrected chi connectivity index (χ3v) is 12.2. The van der Waals surface area contributed by atoms with Gasteiger partial charge < -0.3 is 0 Å². The van der Waals surface area contributed by atoms with E-state index in [2.05, 4.69) is 66.7 Å². The third-order valence-electron chi connectivity index (χ3n) is 10.8. The molecule has 4 heteroatoms. The maximum Gasteiger partial charge on any atom is 0.115 e. The van der Waals surface area contributed by atoms with Gasteiger partial charge >= 0.3 is 0 Å². The van der Waals surface area contributed by atoms with E-state index in [9.17, 15) is 5.26 Å². The van der Waals surface area contributed by atoms with Crippen LogP contribution in [0, 0.1) is 40.4 Å². The molecule has 3 saturated carbocycles. The van der Waals surface area contributed by atoms with Gasteiger partial charge in [0.25, 0.3) is 0 Å². The molecule has 1 aromatic heterocycles. The van der Waals surface area contributed by atoms with E-state index in [1.54, 1.807) is 11.8 Å². The van der Waals surface area contributed by atoms with Crippen LogP contribution in [0.2, 0.25) is 0 Å². The Balaban J connectivity index is 1.49. The Morgan fingerprint density at radius 3 is 2.81 bits per heavy atom. The van der Waals surface area contributed by atoms with Gasteiger partial charge in [-0.3, -0.25) is 0 Å². The lowest BCUT2D eigenvalue weighted by Gasteiger charge is -2.59. The van der Waals surface area contributed by atoms with Gasteiger partial charge in [0.2, 0.25) is 0 Å². The molecular formula is C32H37BrN2S. The van der Waals surface area contributed by atoms with E-state index in [1.165, 1.54) is 62.6 Å². The zero-order valence-electron chi connectivity index (χ0n) is 21.7. The number of aromatic nitrogens is 1. The van der Waals surface area contributed by atoms with E-state index in [0.717, 1.165) is 56.1 Å². The van der Waals surface area contributed by atoms with Crippen molar-refractivity contribution < 1.29 is 0 Å². The number of fused-ring (bicyclic) bond motifs is 7. The quantitative estimate of drug-likeness (QED) is 0.276. The Kier molecular flexibility index (Phi) is 6.41. The Labute approximate surface area is 229 Å². The van der Waals surface area contributed by atoms with Crippen molar-refractivity contribution >= 4 is 27.7 Å². The van der Waals surface area contributed by atoms with Crippen LogP contribution in [-0.4, -0.2) is 10.7 Å². The predicted octanol–water partition coefficient (Wildman–Crippen LogP) is 9.11. The van der Waals surface area contributed by atoms with Gasteiger partial charge in [-0.2, -0.15) is 5.26 Å². The maximum atomic E-state index is 10.4. The highest BCUT2D eigenvalue weighted by Crippen LogP contribution is 2.66. The first-order valence-corrected chi connectivity index (χ1v) is 15.7. The van der Waals surface area contributed by atoms with Crippen molar-refractivity contribution in [3.63, 3.8) is 0 Å². The molecule has 0 bridgehead atoms. The summed E-state index contributed by atoms with van der Waals surface area (Å²) in [5.74, 6) is 3.97. The van der Waals surface area contributed by atoms with Crippen LogP contribution >= 0.6 is 27.7 Å². The second kappa shape index (κ2) is 9.32. The Morgan fingerprint density at radius 1 is 1.17 bits per heavy atom. The van der Waals surface area contributed by atoms with Crippen molar-refractivity contribution in [3.8, 4) is 17.2 Å². The van der Waals surface area contributed by atoms with E-state index in [0.29, 0.717) is 11.3 Å². The maximum absolute atomic E-state index is 10.4. The van der Waals surface area contributed by atoms with Gasteiger partial charge in [0, 0.05) is 21.2 Å². The van der Waals surface area contributed by atoms with Gasteiger partial charge in [-0.1, -0.05) is 60.8 Å². The molecule has 0 unspecified atom stereocenters. The molecule has 1 heterocycles. The summed E-state index contributed by atoms with van der Waals surface area (Å²) in [5.41, 5.74) is 6.31. The topological polar surface area (TPSA) is 36.7 Å². The van der Waals surface area contributed by atoms with E-state index in [-0.39, 0.29) is 5.41 Å². The zero-order chi connectivity index (χ0) is 25.1. The first-order chi connectivity index (χ1) is 17.4. The average Bonchev–Trinajstić information content (AvgIpc) is 3.18. The summed E-state index contributed by atoms with van der Waals surface area (Å²) >= 11 is 5.35. The summed E-state index contributed by atoms with van der Waals surface area (Å²) in [6.45, 7) is 9.09. The molecule has 6 atom stereocenters. The molecular weight excluding hydrogens is 524 g/mol. The number of benzene rings is 1. The molecule has 188 valence electrons. The summed E-state index contributed by atoms with van der Waals surface area (Å²) in [6.07, 6.45) is 14.1. The SMILES string of the molecule is C=CCSc1nc2c(c(-c3cccc(Br)c3)c1C#N)C[C@@H]1[C@@H]3CC[C@@H]4CCCC[C@]4(C)[C@H]3CC[C@@]21C. The van der Waals surface area contributed by atoms with Gasteiger partial charge in [-0.25, -0.2) is 4.98 Å². The summed E-state index contributed by atoms with van der Waals surface area (Å²) in [4.78, 5) is 5.34. The lowest BCUT2D eigenvalue weighted by Crippen LogP contribution is -2.53. The third kappa shape index (κ3) is 3.67. The van der Waals surface area contributed by atoms with Crippen molar-refractivity contribution in [1.29, 1.82) is 5.26 Å². The minimum absolute atomic E-state index is 0.104. The van der Waals surface area contributed by atoms with Crippen LogP contribution in [0.4, 0.5) is 0 Å². The first kappa shape index (κ1) is 24.7. The molecule has 4 aliphatic carbocycles. The highest BCUT2D eigenvalue weighted by atomic mass is 79.9. The molecule has 6 rings (SSSR count). The highest BCUT2D eigenvalue weighted by Gasteiger charge is 2.59. The first-order valence-electron chi connectivity index (χ1n) is 13.9. The normalized spacial score (nSPS) is 34.6. The monoisotopic (exact) mass is 560 g/mol. The fourth-order valence-electron chi connectivity index (χ4n) is 9.09. The van der Waals surface area contributed by atoms with Crippen LogP contribution in [0.15, 0.2) is 46.4 Å². The molecule has 0 spiro atoms. The number of halogens is 1. The number of pyridine rings is 1. The highest BCUT2D eigenvalue weighted by molar-refractivity contribution is 9.10. The van der Waals surface area contributed by atoms with Crippen LogP contribution in [-0.2, 0) is 11.8 Å². The molecule has 3 fully saturated rings. The largest absolute Gasteiger partial charge is 0.244 e. The Bertz CT molecular complexity index is 1250. The van der Waals surface area contributed by atoms with E-state index in [4.69, 9.17) is 4.98 Å². The number of hydrogen-bond donors (Lipinski definition) is 0. The van der Waals surface area contributed by atoms with Crippen molar-refractivity contribution in [2.45, 2.75) is 82.1 Å². The van der Waals surface area contributed by atoms with Crippen molar-refractivity contribution in [1.82, 2.24) is 4.98 Å². The molecule has 4 aliphatic rings. The van der Waals surface area contributed by atoms with E-state index >= 15 is 0 Å². The van der Waals surface area contributed by atoms with Crippen molar-refractivity contribution in [2.24, 2.45) is 29.1 Å². The molecule has 0 saturated heterocycles. The summed E-state index contributed by atoms with van der Waals surface area (Å²) < 4.78 is 1.06. The number of nitriles is 1. The van der Waals surface area contributed by atoms with Crippen LogP contribution in [0.3, 0.4) is 0 Å². The van der Waals surface area contributed by atoms with Gasteiger partial charge in [0.1, 0.15) is 11.1 Å². The Hall–Kier alpha value is -1.57. The lowest BCUT2D eigenvalue weighted by molar-refractivity contribution is -0.0908. The van der Waals surface area contributed by atoms with Crippen LogP contribution < -0.4 is 0 Å². The average molecular weight is 562 g/mol. The zero-order valence-corrected chi connectivity index (χ0v) is 24.1. The molecule has 1 aromatic carbocycles. The summed E-state index contributed by atoms with van der Waals surface area (Å²) in [6, 6.07) is 11.1. The molecule has 36 heavy (non-hydrogen) atoms. The van der Waals surface area contributed by atoms with Crippen LogP contribution in [0.5, 0.6) is 0 Å². The second-order valence-electron chi connectivity index (χ2n) is 12.3. The smallest absolute Gasteiger partial charge is 0.115 e. The van der Waals surface area contributed by atoms with E-state index in [1.807, 2.05) is 6.08 Å². The molecule has 2 aromatic rings. The molecule has 2 nitrogen and oxygen atoms in total. The number of hydrogen-bond acceptors (Lipinski definition) is 3. The van der Waals surface area contributed by atoms with Gasteiger partial charge in [0.15, 0.2) is 0 Å². The fourth-order valence-corrected chi connectivity index (χ4v) is 10.2. The molecule has 0 aliphatic heterocycles. The predicted molar refractivity (Wildman–Crippen MR) is 153 cm³/mol.